The number of ether oxygens (including phenoxy) is 1. The number of rotatable bonds is 20. The predicted octanol–water partition coefficient (Wildman–Crippen LogP) is 4.91. The van der Waals surface area contributed by atoms with E-state index in [4.69, 9.17) is 16.2 Å². The number of amides is 1. The molecule has 0 aliphatic rings. The third-order valence-electron chi connectivity index (χ3n) is 5.20. The van der Waals surface area contributed by atoms with Crippen LogP contribution in [0.2, 0.25) is 0 Å². The number of hydrogen-bond donors (Lipinski definition) is 2. The summed E-state index contributed by atoms with van der Waals surface area (Å²) in [4.78, 5) is 33.9. The molecule has 0 saturated heterocycles. The molecule has 0 fully saturated rings. The van der Waals surface area contributed by atoms with E-state index in [9.17, 15) is 14.4 Å². The zero-order valence-corrected chi connectivity index (χ0v) is 18.6. The molecule has 1 amide bonds. The van der Waals surface area contributed by atoms with Gasteiger partial charge in [-0.15, -0.1) is 0 Å². The van der Waals surface area contributed by atoms with Crippen molar-refractivity contribution in [1.29, 1.82) is 0 Å². The molecule has 4 N–H and O–H groups in total. The molecule has 0 rings (SSSR count). The molecule has 0 aromatic carbocycles. The lowest BCUT2D eigenvalue weighted by molar-refractivity contribution is -0.160. The van der Waals surface area contributed by atoms with E-state index in [2.05, 4.69) is 6.92 Å². The molecule has 0 unspecified atom stereocenters. The zero-order valence-electron chi connectivity index (χ0n) is 18.6. The van der Waals surface area contributed by atoms with Gasteiger partial charge in [0.25, 0.3) is 0 Å². The summed E-state index contributed by atoms with van der Waals surface area (Å²) in [6.07, 6.45) is 19.2. The molecule has 0 radical (unpaired) electrons. The quantitative estimate of drug-likeness (QED) is 0.168. The van der Waals surface area contributed by atoms with Crippen LogP contribution in [0.5, 0.6) is 0 Å². The van der Waals surface area contributed by atoms with Crippen molar-refractivity contribution in [2.75, 3.05) is 0 Å². The molecular weight excluding hydrogens is 368 g/mol. The van der Waals surface area contributed by atoms with Crippen LogP contribution in [0, 0.1) is 0 Å². The molecule has 0 aromatic heterocycles. The second-order valence-electron chi connectivity index (χ2n) is 8.10. The Morgan fingerprint density at radius 1 is 0.690 bits per heavy atom. The van der Waals surface area contributed by atoms with Gasteiger partial charge in [-0.05, 0) is 12.8 Å². The van der Waals surface area contributed by atoms with Crippen molar-refractivity contribution in [2.45, 2.75) is 129 Å². The second-order valence-corrected chi connectivity index (χ2v) is 8.10. The average molecular weight is 413 g/mol. The Kier molecular flexibility index (Phi) is 18.9. The van der Waals surface area contributed by atoms with Crippen LogP contribution in [0.4, 0.5) is 0 Å². The monoisotopic (exact) mass is 412 g/mol. The molecule has 6 heteroatoms. The highest BCUT2D eigenvalue weighted by atomic mass is 16.6. The summed E-state index contributed by atoms with van der Waals surface area (Å²) in [6, 6.07) is -0.979. The van der Waals surface area contributed by atoms with E-state index in [0.717, 1.165) is 19.3 Å². The highest BCUT2D eigenvalue weighted by Crippen LogP contribution is 2.14. The van der Waals surface area contributed by atoms with Crippen molar-refractivity contribution in [3.05, 3.63) is 0 Å². The van der Waals surface area contributed by atoms with Gasteiger partial charge in [-0.3, -0.25) is 9.59 Å². The summed E-state index contributed by atoms with van der Waals surface area (Å²) in [5, 5.41) is 0. The van der Waals surface area contributed by atoms with Crippen LogP contribution in [-0.2, 0) is 19.1 Å². The lowest BCUT2D eigenvalue weighted by Crippen LogP contribution is -2.34. The van der Waals surface area contributed by atoms with Gasteiger partial charge in [0.2, 0.25) is 5.91 Å². The van der Waals surface area contributed by atoms with Gasteiger partial charge >= 0.3 is 11.9 Å². The van der Waals surface area contributed by atoms with Crippen LogP contribution < -0.4 is 11.5 Å². The molecule has 6 nitrogen and oxygen atoms in total. The van der Waals surface area contributed by atoms with Crippen molar-refractivity contribution in [2.24, 2.45) is 11.5 Å². The fourth-order valence-corrected chi connectivity index (χ4v) is 3.30. The number of esters is 2. The van der Waals surface area contributed by atoms with E-state index in [0.29, 0.717) is 0 Å². The van der Waals surface area contributed by atoms with E-state index < -0.39 is 23.9 Å². The van der Waals surface area contributed by atoms with Gasteiger partial charge in [0.15, 0.2) is 0 Å². The smallest absolute Gasteiger partial charge is 0.330 e. The highest BCUT2D eigenvalue weighted by molar-refractivity contribution is 5.88. The average Bonchev–Trinajstić information content (AvgIpc) is 2.68. The largest absolute Gasteiger partial charge is 0.392 e. The molecule has 1 atom stereocenters. The molecule has 170 valence electrons. The number of primary amides is 1. The normalized spacial score (nSPS) is 11.9. The molecule has 0 aliphatic carbocycles. The molecule has 0 aliphatic heterocycles. The lowest BCUT2D eigenvalue weighted by atomic mass is 10.0. The minimum absolute atomic E-state index is 0.00348. The standard InChI is InChI=1S/C23H44N2O4/c1-2-3-4-5-6-7-8-9-10-11-12-13-14-15-16-17-22(27)29-23(28)20(24)18-19-21(25)26/h20H,2-19,24H2,1H3,(H2,25,26)/t20-/m0/s1. The number of unbranched alkanes of at least 4 members (excludes halogenated alkanes) is 14. The Morgan fingerprint density at radius 2 is 1.10 bits per heavy atom. The molecule has 29 heavy (non-hydrogen) atoms. The maximum Gasteiger partial charge on any atom is 0.330 e. The SMILES string of the molecule is CCCCCCCCCCCCCCCCCC(=O)OC(=O)[C@@H](N)CCC(N)=O. The van der Waals surface area contributed by atoms with Crippen molar-refractivity contribution in [1.82, 2.24) is 0 Å². The number of carbonyl (C=O) groups is 3. The van der Waals surface area contributed by atoms with Crippen LogP contribution in [0.3, 0.4) is 0 Å². The Balaban J connectivity index is 3.38. The minimum Gasteiger partial charge on any atom is -0.392 e. The summed E-state index contributed by atoms with van der Waals surface area (Å²) in [7, 11) is 0. The first-order valence-electron chi connectivity index (χ1n) is 11.8. The lowest BCUT2D eigenvalue weighted by Gasteiger charge is -2.09. The van der Waals surface area contributed by atoms with Gasteiger partial charge in [0.05, 0.1) is 0 Å². The van der Waals surface area contributed by atoms with Crippen LogP contribution in [0.15, 0.2) is 0 Å². The van der Waals surface area contributed by atoms with E-state index in [-0.39, 0.29) is 19.3 Å². The second kappa shape index (κ2) is 19.9. The zero-order chi connectivity index (χ0) is 21.7. The Bertz CT molecular complexity index is 441. The first-order valence-corrected chi connectivity index (χ1v) is 11.8. The van der Waals surface area contributed by atoms with Gasteiger partial charge in [-0.2, -0.15) is 0 Å². The first-order chi connectivity index (χ1) is 14.0. The maximum atomic E-state index is 11.6. The van der Waals surface area contributed by atoms with Gasteiger partial charge in [0.1, 0.15) is 6.04 Å². The van der Waals surface area contributed by atoms with E-state index >= 15 is 0 Å². The summed E-state index contributed by atoms with van der Waals surface area (Å²) in [6.45, 7) is 2.26. The van der Waals surface area contributed by atoms with Gasteiger partial charge in [0, 0.05) is 12.8 Å². The first kappa shape index (κ1) is 27.6. The summed E-state index contributed by atoms with van der Waals surface area (Å²) in [5.74, 6) is -1.85. The van der Waals surface area contributed by atoms with E-state index in [1.54, 1.807) is 0 Å². The molecule has 0 spiro atoms. The fourth-order valence-electron chi connectivity index (χ4n) is 3.30. The van der Waals surface area contributed by atoms with E-state index in [1.165, 1.54) is 77.0 Å². The molecule has 0 heterocycles. The maximum absolute atomic E-state index is 11.6. The minimum atomic E-state index is -0.979. The number of nitrogens with two attached hydrogens (primary N) is 2. The third-order valence-corrected chi connectivity index (χ3v) is 5.20. The fraction of sp³-hybridized carbons (Fsp3) is 0.870. The summed E-state index contributed by atoms with van der Waals surface area (Å²) >= 11 is 0. The summed E-state index contributed by atoms with van der Waals surface area (Å²) in [5.41, 5.74) is 10.6. The highest BCUT2D eigenvalue weighted by Gasteiger charge is 2.19. The van der Waals surface area contributed by atoms with Crippen LogP contribution in [0.1, 0.15) is 122 Å². The van der Waals surface area contributed by atoms with Crippen molar-refractivity contribution < 1.29 is 19.1 Å². The van der Waals surface area contributed by atoms with Gasteiger partial charge in [-0.25, -0.2) is 4.79 Å². The van der Waals surface area contributed by atoms with Crippen molar-refractivity contribution in [3.8, 4) is 0 Å². The molecule has 0 bridgehead atoms. The summed E-state index contributed by atoms with van der Waals surface area (Å²) < 4.78 is 4.71. The number of carbonyl (C=O) groups excluding carboxylic acids is 3. The Labute approximate surface area is 177 Å². The molecule has 0 saturated carbocycles. The van der Waals surface area contributed by atoms with Crippen molar-refractivity contribution in [3.63, 3.8) is 0 Å². The Hall–Kier alpha value is -1.43. The third kappa shape index (κ3) is 19.7. The van der Waals surface area contributed by atoms with Crippen molar-refractivity contribution >= 4 is 17.8 Å². The molecule has 0 aromatic rings. The predicted molar refractivity (Wildman–Crippen MR) is 117 cm³/mol. The van der Waals surface area contributed by atoms with Gasteiger partial charge < -0.3 is 16.2 Å². The molecular formula is C23H44N2O4. The van der Waals surface area contributed by atoms with Crippen LogP contribution in [-0.4, -0.2) is 23.9 Å². The van der Waals surface area contributed by atoms with Crippen LogP contribution >= 0.6 is 0 Å². The van der Waals surface area contributed by atoms with Gasteiger partial charge in [-0.1, -0.05) is 96.8 Å². The van der Waals surface area contributed by atoms with E-state index in [1.807, 2.05) is 0 Å². The number of hydrogen-bond acceptors (Lipinski definition) is 5. The topological polar surface area (TPSA) is 112 Å². The van der Waals surface area contributed by atoms with Crippen LogP contribution in [0.25, 0.3) is 0 Å². The Morgan fingerprint density at radius 3 is 1.52 bits per heavy atom.